The standard InChI is InChI=1S/C27H27FN4O3/c28-22-13-18(16-1-2-16)6-10-23(22)35-20-7-3-17(4-8-20)24-25-26(29)30-11-12-32(25)27(31-24)19-5-9-21(14-33)34-15-19/h3-4,6-8,10-13,16,19,21,33H,1-2,5,9,14-15H2,(H2,29,30). The van der Waals surface area contributed by atoms with Crippen LogP contribution in [0.1, 0.15) is 48.9 Å². The van der Waals surface area contributed by atoms with E-state index in [0.717, 1.165) is 53.8 Å². The van der Waals surface area contributed by atoms with E-state index in [1.54, 1.807) is 30.5 Å². The summed E-state index contributed by atoms with van der Waals surface area (Å²) in [5.41, 5.74) is 9.62. The van der Waals surface area contributed by atoms with E-state index >= 15 is 0 Å². The van der Waals surface area contributed by atoms with Crippen LogP contribution in [-0.2, 0) is 4.74 Å². The SMILES string of the molecule is Nc1nccn2c(C3CCC(CO)OC3)nc(-c3ccc(Oc4ccc(C5CC5)cc4F)cc3)c12. The predicted molar refractivity (Wildman–Crippen MR) is 130 cm³/mol. The van der Waals surface area contributed by atoms with Crippen LogP contribution in [0.5, 0.6) is 11.5 Å². The van der Waals surface area contributed by atoms with Gasteiger partial charge in [0.05, 0.1) is 19.3 Å². The highest BCUT2D eigenvalue weighted by atomic mass is 19.1. The van der Waals surface area contributed by atoms with Gasteiger partial charge in [0.25, 0.3) is 0 Å². The van der Waals surface area contributed by atoms with E-state index in [-0.39, 0.29) is 30.2 Å². The van der Waals surface area contributed by atoms with Gasteiger partial charge >= 0.3 is 0 Å². The number of halogens is 1. The van der Waals surface area contributed by atoms with Gasteiger partial charge in [-0.15, -0.1) is 0 Å². The van der Waals surface area contributed by atoms with Crippen LogP contribution < -0.4 is 10.5 Å². The van der Waals surface area contributed by atoms with E-state index in [1.165, 1.54) is 0 Å². The van der Waals surface area contributed by atoms with Gasteiger partial charge in [0.2, 0.25) is 0 Å². The van der Waals surface area contributed by atoms with Crippen LogP contribution >= 0.6 is 0 Å². The Kier molecular flexibility index (Phi) is 5.62. The molecule has 8 heteroatoms. The van der Waals surface area contributed by atoms with Crippen LogP contribution in [0.4, 0.5) is 10.2 Å². The Morgan fingerprint density at radius 1 is 1.09 bits per heavy atom. The van der Waals surface area contributed by atoms with Crippen molar-refractivity contribution >= 4 is 11.3 Å². The number of anilines is 1. The fourth-order valence-corrected chi connectivity index (χ4v) is 4.81. The van der Waals surface area contributed by atoms with Crippen molar-refractivity contribution in [1.82, 2.24) is 14.4 Å². The Balaban J connectivity index is 1.28. The molecule has 4 aromatic rings. The second-order valence-corrected chi connectivity index (χ2v) is 9.35. The zero-order valence-corrected chi connectivity index (χ0v) is 19.2. The summed E-state index contributed by atoms with van der Waals surface area (Å²) < 4.78 is 28.1. The molecule has 1 saturated heterocycles. The van der Waals surface area contributed by atoms with E-state index < -0.39 is 0 Å². The number of fused-ring (bicyclic) bond motifs is 1. The van der Waals surface area contributed by atoms with Crippen molar-refractivity contribution < 1.29 is 19.0 Å². The first-order valence-electron chi connectivity index (χ1n) is 12.0. The largest absolute Gasteiger partial charge is 0.454 e. The van der Waals surface area contributed by atoms with Gasteiger partial charge in [0, 0.05) is 23.9 Å². The number of imidazole rings is 1. The highest BCUT2D eigenvalue weighted by Crippen LogP contribution is 2.41. The quantitative estimate of drug-likeness (QED) is 0.406. The molecule has 1 saturated carbocycles. The predicted octanol–water partition coefficient (Wildman–Crippen LogP) is 5.04. The molecule has 2 atom stereocenters. The van der Waals surface area contributed by atoms with E-state index in [2.05, 4.69) is 4.98 Å². The number of hydrogen-bond acceptors (Lipinski definition) is 6. The molecule has 3 N–H and O–H groups in total. The molecule has 0 amide bonds. The summed E-state index contributed by atoms with van der Waals surface area (Å²) in [6.45, 7) is 0.518. The minimum atomic E-state index is -0.347. The minimum absolute atomic E-state index is 0.0279. The number of aliphatic hydroxyl groups is 1. The lowest BCUT2D eigenvalue weighted by atomic mass is 9.98. The molecule has 3 heterocycles. The maximum Gasteiger partial charge on any atom is 0.166 e. The molecule has 35 heavy (non-hydrogen) atoms. The number of aliphatic hydroxyl groups excluding tert-OH is 1. The molecule has 0 bridgehead atoms. The molecular formula is C27H27FN4O3. The van der Waals surface area contributed by atoms with Crippen molar-refractivity contribution in [3.05, 3.63) is 72.1 Å². The van der Waals surface area contributed by atoms with Crippen LogP contribution in [0, 0.1) is 5.82 Å². The second-order valence-electron chi connectivity index (χ2n) is 9.35. The molecule has 7 nitrogen and oxygen atoms in total. The molecule has 180 valence electrons. The molecule has 2 unspecified atom stereocenters. The highest BCUT2D eigenvalue weighted by molar-refractivity contribution is 5.85. The zero-order valence-electron chi connectivity index (χ0n) is 19.2. The molecular weight excluding hydrogens is 447 g/mol. The molecule has 2 aromatic heterocycles. The van der Waals surface area contributed by atoms with Gasteiger partial charge in [0.15, 0.2) is 11.6 Å². The first-order valence-corrected chi connectivity index (χ1v) is 12.0. The molecule has 2 fully saturated rings. The van der Waals surface area contributed by atoms with Gasteiger partial charge in [0.1, 0.15) is 28.6 Å². The minimum Gasteiger partial charge on any atom is -0.454 e. The zero-order chi connectivity index (χ0) is 23.9. The number of aromatic nitrogens is 3. The van der Waals surface area contributed by atoms with Crippen molar-refractivity contribution in [2.24, 2.45) is 0 Å². The average Bonchev–Trinajstić information content (AvgIpc) is 3.66. The van der Waals surface area contributed by atoms with Crippen molar-refractivity contribution in [2.75, 3.05) is 18.9 Å². The van der Waals surface area contributed by atoms with Gasteiger partial charge < -0.3 is 20.3 Å². The van der Waals surface area contributed by atoms with E-state index in [9.17, 15) is 9.50 Å². The van der Waals surface area contributed by atoms with Gasteiger partial charge in [-0.25, -0.2) is 14.4 Å². The van der Waals surface area contributed by atoms with E-state index in [4.69, 9.17) is 20.2 Å². The molecule has 1 aliphatic heterocycles. The maximum absolute atomic E-state index is 14.5. The summed E-state index contributed by atoms with van der Waals surface area (Å²) in [7, 11) is 0. The summed E-state index contributed by atoms with van der Waals surface area (Å²) in [6.07, 6.45) is 7.30. The Hall–Kier alpha value is -3.49. The van der Waals surface area contributed by atoms with Crippen LogP contribution in [0.15, 0.2) is 54.9 Å². The van der Waals surface area contributed by atoms with Crippen molar-refractivity contribution in [1.29, 1.82) is 0 Å². The Morgan fingerprint density at radius 2 is 1.89 bits per heavy atom. The summed E-state index contributed by atoms with van der Waals surface area (Å²) in [6, 6.07) is 12.6. The van der Waals surface area contributed by atoms with Crippen molar-refractivity contribution in [3.8, 4) is 22.8 Å². The number of hydrogen-bond donors (Lipinski definition) is 2. The Labute approximate surface area is 202 Å². The first-order chi connectivity index (χ1) is 17.1. The molecule has 2 aliphatic rings. The van der Waals surface area contributed by atoms with Crippen LogP contribution in [-0.4, -0.2) is 38.8 Å². The van der Waals surface area contributed by atoms with Gasteiger partial charge in [-0.1, -0.05) is 6.07 Å². The number of ether oxygens (including phenoxy) is 2. The second kappa shape index (κ2) is 8.94. The third-order valence-electron chi connectivity index (χ3n) is 6.91. The summed E-state index contributed by atoms with van der Waals surface area (Å²) in [5, 5.41) is 9.37. The van der Waals surface area contributed by atoms with Crippen LogP contribution in [0.2, 0.25) is 0 Å². The monoisotopic (exact) mass is 474 g/mol. The average molecular weight is 475 g/mol. The smallest absolute Gasteiger partial charge is 0.166 e. The number of rotatable bonds is 6. The van der Waals surface area contributed by atoms with Crippen LogP contribution in [0.25, 0.3) is 16.8 Å². The third-order valence-corrected chi connectivity index (χ3v) is 6.91. The molecule has 0 spiro atoms. The number of nitrogens with two attached hydrogens (primary N) is 1. The Bertz CT molecular complexity index is 1360. The van der Waals surface area contributed by atoms with Crippen molar-refractivity contribution in [2.45, 2.75) is 43.6 Å². The molecule has 2 aromatic carbocycles. The summed E-state index contributed by atoms with van der Waals surface area (Å²) in [4.78, 5) is 9.22. The summed E-state index contributed by atoms with van der Waals surface area (Å²) in [5.74, 6) is 2.24. The molecule has 1 aliphatic carbocycles. The van der Waals surface area contributed by atoms with Gasteiger partial charge in [-0.2, -0.15) is 0 Å². The fourth-order valence-electron chi connectivity index (χ4n) is 4.81. The maximum atomic E-state index is 14.5. The van der Waals surface area contributed by atoms with E-state index in [1.807, 2.05) is 28.8 Å². The van der Waals surface area contributed by atoms with Crippen LogP contribution in [0.3, 0.4) is 0 Å². The van der Waals surface area contributed by atoms with Crippen molar-refractivity contribution in [3.63, 3.8) is 0 Å². The first kappa shape index (κ1) is 22.0. The Morgan fingerprint density at radius 3 is 2.57 bits per heavy atom. The number of benzene rings is 2. The highest BCUT2D eigenvalue weighted by Gasteiger charge is 2.28. The lowest BCUT2D eigenvalue weighted by Crippen LogP contribution is -2.28. The van der Waals surface area contributed by atoms with Gasteiger partial charge in [-0.3, -0.25) is 4.40 Å². The molecule has 6 rings (SSSR count). The van der Waals surface area contributed by atoms with Gasteiger partial charge in [-0.05, 0) is 73.6 Å². The number of nitrogen functional groups attached to an aromatic ring is 1. The number of nitrogens with zero attached hydrogens (tertiary/aromatic N) is 3. The fraction of sp³-hybridized carbons (Fsp3) is 0.333. The lowest BCUT2D eigenvalue weighted by molar-refractivity contribution is -0.0282. The normalized spacial score (nSPS) is 20.3. The summed E-state index contributed by atoms with van der Waals surface area (Å²) >= 11 is 0. The lowest BCUT2D eigenvalue weighted by Gasteiger charge is -2.27. The topological polar surface area (TPSA) is 94.9 Å². The molecule has 0 radical (unpaired) electrons. The van der Waals surface area contributed by atoms with E-state index in [0.29, 0.717) is 24.1 Å². The third kappa shape index (κ3) is 4.24.